The van der Waals surface area contributed by atoms with Gasteiger partial charge in [-0.1, -0.05) is 0 Å². The van der Waals surface area contributed by atoms with Gasteiger partial charge in [0, 0.05) is 6.20 Å². The summed E-state index contributed by atoms with van der Waals surface area (Å²) in [4.78, 5) is 13.7. The molecule has 1 fully saturated rings. The standard InChI is InChI=1S/C10H14N2O6S/c13-2-4-1-12(10(19)11-8(4)17)9-7(16)6(15)5(3-14)18-9/h1,5-7,9,13-16H,2-3H2,(H,11,17,19)/t5-,6-,7-,9-/m1/s1. The number of rotatable bonds is 3. The maximum atomic E-state index is 11.4. The van der Waals surface area contributed by atoms with Crippen molar-refractivity contribution in [3.8, 4) is 0 Å². The summed E-state index contributed by atoms with van der Waals surface area (Å²) < 4.78 is 6.50. The van der Waals surface area contributed by atoms with Crippen molar-refractivity contribution in [3.63, 3.8) is 0 Å². The van der Waals surface area contributed by atoms with E-state index in [1.165, 1.54) is 10.8 Å². The third kappa shape index (κ3) is 2.48. The van der Waals surface area contributed by atoms with Gasteiger partial charge in [-0.05, 0) is 12.2 Å². The average Bonchev–Trinajstić information content (AvgIpc) is 2.67. The Morgan fingerprint density at radius 3 is 2.58 bits per heavy atom. The molecule has 1 aromatic heterocycles. The Hall–Kier alpha value is -1.10. The number of nitrogens with zero attached hydrogens (tertiary/aromatic N) is 1. The van der Waals surface area contributed by atoms with Gasteiger partial charge in [0.2, 0.25) is 0 Å². The Morgan fingerprint density at radius 1 is 1.37 bits per heavy atom. The molecule has 0 saturated carbocycles. The molecule has 0 aliphatic carbocycles. The molecule has 8 nitrogen and oxygen atoms in total. The third-order valence-corrected chi connectivity index (χ3v) is 3.32. The molecule has 2 rings (SSSR count). The topological polar surface area (TPSA) is 128 Å². The van der Waals surface area contributed by atoms with E-state index in [2.05, 4.69) is 4.98 Å². The number of ether oxygens (including phenoxy) is 1. The third-order valence-electron chi connectivity index (χ3n) is 3.00. The lowest BCUT2D eigenvalue weighted by atomic mass is 10.1. The highest BCUT2D eigenvalue weighted by Gasteiger charge is 2.43. The molecule has 0 aromatic carbocycles. The maximum Gasteiger partial charge on any atom is 0.257 e. The molecule has 19 heavy (non-hydrogen) atoms. The number of aliphatic hydroxyl groups excluding tert-OH is 4. The summed E-state index contributed by atoms with van der Waals surface area (Å²) in [5.74, 6) is 0. The Balaban J connectivity index is 2.43. The number of hydrogen-bond donors (Lipinski definition) is 5. The van der Waals surface area contributed by atoms with Crippen LogP contribution in [0.15, 0.2) is 11.0 Å². The van der Waals surface area contributed by atoms with E-state index in [-0.39, 0.29) is 10.3 Å². The first kappa shape index (κ1) is 14.3. The van der Waals surface area contributed by atoms with Gasteiger partial charge in [0.05, 0.1) is 18.8 Å². The van der Waals surface area contributed by atoms with Crippen molar-refractivity contribution < 1.29 is 25.2 Å². The summed E-state index contributed by atoms with van der Waals surface area (Å²) in [5.41, 5.74) is -0.484. The first-order chi connectivity index (χ1) is 8.99. The Morgan fingerprint density at radius 2 is 2.05 bits per heavy atom. The van der Waals surface area contributed by atoms with E-state index >= 15 is 0 Å². The van der Waals surface area contributed by atoms with Gasteiger partial charge >= 0.3 is 0 Å². The zero-order valence-electron chi connectivity index (χ0n) is 9.76. The van der Waals surface area contributed by atoms with E-state index in [0.717, 1.165) is 0 Å². The molecular formula is C10H14N2O6S. The Kier molecular flexibility index (Phi) is 4.13. The Labute approximate surface area is 112 Å². The summed E-state index contributed by atoms with van der Waals surface area (Å²) in [6, 6.07) is 0. The minimum Gasteiger partial charge on any atom is -0.394 e. The summed E-state index contributed by atoms with van der Waals surface area (Å²) in [7, 11) is 0. The molecule has 1 aliphatic rings. The van der Waals surface area contributed by atoms with Crippen molar-refractivity contribution in [1.29, 1.82) is 0 Å². The van der Waals surface area contributed by atoms with Crippen LogP contribution in [0.4, 0.5) is 0 Å². The van der Waals surface area contributed by atoms with Crippen LogP contribution in [0, 0.1) is 4.77 Å². The number of hydrogen-bond acceptors (Lipinski definition) is 7. The zero-order chi connectivity index (χ0) is 14.2. The van der Waals surface area contributed by atoms with Crippen LogP contribution in [0.5, 0.6) is 0 Å². The van der Waals surface area contributed by atoms with Crippen LogP contribution in [0.1, 0.15) is 11.8 Å². The van der Waals surface area contributed by atoms with Crippen molar-refractivity contribution in [2.75, 3.05) is 6.61 Å². The molecule has 2 heterocycles. The van der Waals surface area contributed by atoms with Gasteiger partial charge in [-0.25, -0.2) is 0 Å². The highest BCUT2D eigenvalue weighted by Crippen LogP contribution is 2.29. The van der Waals surface area contributed by atoms with E-state index in [4.69, 9.17) is 27.2 Å². The fraction of sp³-hybridized carbons (Fsp3) is 0.600. The van der Waals surface area contributed by atoms with Crippen LogP contribution in [0.2, 0.25) is 0 Å². The number of aliphatic hydroxyl groups is 4. The summed E-state index contributed by atoms with van der Waals surface area (Å²) in [6.07, 6.45) is -3.29. The number of nitrogens with one attached hydrogen (secondary N) is 1. The van der Waals surface area contributed by atoms with Gasteiger partial charge in [0.15, 0.2) is 11.0 Å². The largest absolute Gasteiger partial charge is 0.394 e. The zero-order valence-corrected chi connectivity index (χ0v) is 10.6. The minimum absolute atomic E-state index is 0.0166. The monoisotopic (exact) mass is 290 g/mol. The van der Waals surface area contributed by atoms with Crippen molar-refractivity contribution in [3.05, 3.63) is 26.9 Å². The highest BCUT2D eigenvalue weighted by atomic mass is 32.1. The molecule has 1 aromatic rings. The fourth-order valence-corrected chi connectivity index (χ4v) is 2.19. The second-order valence-corrected chi connectivity index (χ2v) is 4.59. The lowest BCUT2D eigenvalue weighted by Crippen LogP contribution is -2.33. The lowest BCUT2D eigenvalue weighted by molar-refractivity contribution is -0.0543. The predicted molar refractivity (Wildman–Crippen MR) is 64.8 cm³/mol. The van der Waals surface area contributed by atoms with Crippen LogP contribution in [-0.4, -0.2) is 54.9 Å². The van der Waals surface area contributed by atoms with E-state index in [1.807, 2.05) is 0 Å². The first-order valence-corrected chi connectivity index (χ1v) is 5.98. The SMILES string of the molecule is O=c1[nH]c(=S)n([C@@H]2O[C@H](CO)[C@@H](O)[C@H]2O)cc1CO. The highest BCUT2D eigenvalue weighted by molar-refractivity contribution is 7.71. The first-order valence-electron chi connectivity index (χ1n) is 5.57. The van der Waals surface area contributed by atoms with Crippen molar-refractivity contribution >= 4 is 12.2 Å². The molecule has 1 aliphatic heterocycles. The predicted octanol–water partition coefficient (Wildman–Crippen LogP) is -1.99. The van der Waals surface area contributed by atoms with E-state index in [9.17, 15) is 15.0 Å². The molecule has 0 amide bonds. The molecule has 4 atom stereocenters. The second kappa shape index (κ2) is 5.49. The molecule has 5 N–H and O–H groups in total. The molecule has 106 valence electrons. The van der Waals surface area contributed by atoms with Gasteiger partial charge < -0.3 is 25.2 Å². The molecule has 1 saturated heterocycles. The number of H-pyrrole nitrogens is 1. The Bertz CT molecular complexity index is 570. The van der Waals surface area contributed by atoms with Gasteiger partial charge in [-0.2, -0.15) is 0 Å². The van der Waals surface area contributed by atoms with E-state index < -0.39 is 43.3 Å². The summed E-state index contributed by atoms with van der Waals surface area (Å²) in [6.45, 7) is -0.960. The van der Waals surface area contributed by atoms with Crippen LogP contribution < -0.4 is 5.56 Å². The molecule has 0 spiro atoms. The van der Waals surface area contributed by atoms with E-state index in [1.54, 1.807) is 0 Å². The lowest BCUT2D eigenvalue weighted by Gasteiger charge is -2.18. The normalized spacial score (nSPS) is 30.7. The smallest absolute Gasteiger partial charge is 0.257 e. The van der Waals surface area contributed by atoms with Gasteiger partial charge in [0.1, 0.15) is 18.3 Å². The molecule has 9 heteroatoms. The average molecular weight is 290 g/mol. The van der Waals surface area contributed by atoms with Crippen molar-refractivity contribution in [2.24, 2.45) is 0 Å². The molecular weight excluding hydrogens is 276 g/mol. The summed E-state index contributed by atoms with van der Waals surface area (Å²) >= 11 is 4.94. The summed E-state index contributed by atoms with van der Waals surface area (Å²) in [5, 5.41) is 37.6. The van der Waals surface area contributed by atoms with Gasteiger partial charge in [0.25, 0.3) is 5.56 Å². The van der Waals surface area contributed by atoms with Crippen molar-refractivity contribution in [1.82, 2.24) is 9.55 Å². The van der Waals surface area contributed by atoms with Crippen LogP contribution in [0.3, 0.4) is 0 Å². The quantitative estimate of drug-likeness (QED) is 0.408. The van der Waals surface area contributed by atoms with Crippen LogP contribution in [-0.2, 0) is 11.3 Å². The van der Waals surface area contributed by atoms with Gasteiger partial charge in [-0.15, -0.1) is 0 Å². The number of aromatic amines is 1. The minimum atomic E-state index is -1.30. The maximum absolute atomic E-state index is 11.4. The number of aromatic nitrogens is 2. The molecule has 0 unspecified atom stereocenters. The van der Waals surface area contributed by atoms with Gasteiger partial charge in [-0.3, -0.25) is 14.3 Å². The fourth-order valence-electron chi connectivity index (χ4n) is 1.94. The molecule has 0 bridgehead atoms. The van der Waals surface area contributed by atoms with E-state index in [0.29, 0.717) is 0 Å². The van der Waals surface area contributed by atoms with Crippen molar-refractivity contribution in [2.45, 2.75) is 31.1 Å². The molecule has 0 radical (unpaired) electrons. The second-order valence-electron chi connectivity index (χ2n) is 4.21. The van der Waals surface area contributed by atoms with Crippen LogP contribution >= 0.6 is 12.2 Å². The van der Waals surface area contributed by atoms with Crippen LogP contribution in [0.25, 0.3) is 0 Å².